The second-order valence-electron chi connectivity index (χ2n) is 4.43. The highest BCUT2D eigenvalue weighted by Gasteiger charge is 2.32. The zero-order valence-corrected chi connectivity index (χ0v) is 12.7. The summed E-state index contributed by atoms with van der Waals surface area (Å²) in [7, 11) is -1.19. The van der Waals surface area contributed by atoms with Crippen molar-refractivity contribution in [1.29, 1.82) is 0 Å². The molecule has 2 heterocycles. The van der Waals surface area contributed by atoms with Crippen LogP contribution in [-0.4, -0.2) is 28.2 Å². The van der Waals surface area contributed by atoms with Crippen molar-refractivity contribution in [3.8, 4) is 11.3 Å². The van der Waals surface area contributed by atoms with E-state index in [9.17, 15) is 9.00 Å². The Labute approximate surface area is 122 Å². The summed E-state index contributed by atoms with van der Waals surface area (Å²) in [5.41, 5.74) is 2.65. The van der Waals surface area contributed by atoms with E-state index in [0.29, 0.717) is 27.9 Å². The molecule has 1 atom stereocenters. The first kappa shape index (κ1) is 13.5. The van der Waals surface area contributed by atoms with Crippen molar-refractivity contribution in [2.45, 2.75) is 24.0 Å². The Balaban J connectivity index is 2.21. The fourth-order valence-corrected chi connectivity index (χ4v) is 4.57. The van der Waals surface area contributed by atoms with Crippen LogP contribution in [0.15, 0.2) is 14.9 Å². The van der Waals surface area contributed by atoms with Gasteiger partial charge < -0.3 is 9.26 Å². The van der Waals surface area contributed by atoms with Crippen LogP contribution in [0.3, 0.4) is 0 Å². The number of nitrogens with zero attached hydrogens (tertiary/aromatic N) is 1. The Morgan fingerprint density at radius 1 is 1.55 bits per heavy atom. The van der Waals surface area contributed by atoms with Crippen LogP contribution < -0.4 is 0 Å². The van der Waals surface area contributed by atoms with Gasteiger partial charge in [-0.3, -0.25) is 4.21 Å². The second kappa shape index (κ2) is 5.14. The molecule has 106 valence electrons. The van der Waals surface area contributed by atoms with Crippen LogP contribution in [0.4, 0.5) is 0 Å². The maximum Gasteiger partial charge on any atom is 0.348 e. The van der Waals surface area contributed by atoms with Gasteiger partial charge in [0.25, 0.3) is 0 Å². The molecule has 1 aliphatic carbocycles. The summed E-state index contributed by atoms with van der Waals surface area (Å²) in [5, 5.41) is 3.81. The molecule has 0 spiro atoms. The van der Waals surface area contributed by atoms with Gasteiger partial charge in [-0.2, -0.15) is 0 Å². The predicted octanol–water partition coefficient (Wildman–Crippen LogP) is 2.42. The summed E-state index contributed by atoms with van der Waals surface area (Å²) in [6.45, 7) is 2.09. The maximum absolute atomic E-state index is 12.0. The third kappa shape index (κ3) is 2.01. The number of thiophene rings is 1. The lowest BCUT2D eigenvalue weighted by atomic mass is 9.93. The summed E-state index contributed by atoms with van der Waals surface area (Å²) in [4.78, 5) is 12.6. The van der Waals surface area contributed by atoms with E-state index in [2.05, 4.69) is 5.16 Å². The van der Waals surface area contributed by atoms with Crippen LogP contribution in [-0.2, 0) is 28.4 Å². The lowest BCUT2D eigenvalue weighted by Gasteiger charge is -2.12. The number of aromatic nitrogens is 1. The smallest absolute Gasteiger partial charge is 0.348 e. The number of ether oxygens (including phenoxy) is 1. The van der Waals surface area contributed by atoms with Gasteiger partial charge in [-0.15, -0.1) is 11.3 Å². The molecule has 0 radical (unpaired) electrons. The third-order valence-electron chi connectivity index (χ3n) is 3.21. The predicted molar refractivity (Wildman–Crippen MR) is 75.5 cm³/mol. The topological polar surface area (TPSA) is 69.4 Å². The van der Waals surface area contributed by atoms with E-state index in [0.717, 1.165) is 23.1 Å². The van der Waals surface area contributed by atoms with Crippen molar-refractivity contribution in [3.05, 3.63) is 22.2 Å². The summed E-state index contributed by atoms with van der Waals surface area (Å²) in [5.74, 6) is 0.289. The van der Waals surface area contributed by atoms with Crippen molar-refractivity contribution in [3.63, 3.8) is 0 Å². The molecule has 7 heteroatoms. The summed E-state index contributed by atoms with van der Waals surface area (Å²) in [6.07, 6.45) is 4.77. The Kier molecular flexibility index (Phi) is 3.47. The highest BCUT2D eigenvalue weighted by molar-refractivity contribution is 7.86. The standard InChI is InChI=1S/C13H13NO4S2/c1-3-17-12(15)11-8-5-4-7-6-14-18-10(7)9(8)13(19-11)20(2)16/h6H,3-5H2,1-2H3/t20-/m1/s1. The second-order valence-corrected chi connectivity index (χ2v) is 7.02. The Bertz CT molecular complexity index is 701. The molecule has 0 saturated carbocycles. The molecule has 0 aliphatic heterocycles. The molecule has 1 aliphatic rings. The minimum atomic E-state index is -1.19. The van der Waals surface area contributed by atoms with E-state index in [-0.39, 0.29) is 5.97 Å². The van der Waals surface area contributed by atoms with Crippen LogP contribution >= 0.6 is 11.3 Å². The number of rotatable bonds is 3. The average Bonchev–Trinajstić information content (AvgIpc) is 3.02. The quantitative estimate of drug-likeness (QED) is 0.814. The van der Waals surface area contributed by atoms with Gasteiger partial charge in [-0.05, 0) is 25.3 Å². The number of esters is 1. The number of hydrogen-bond donors (Lipinski definition) is 0. The SMILES string of the molecule is CCOC(=O)c1sc([S@@](C)=O)c2c1CCc1cnoc1-2. The first-order valence-corrected chi connectivity index (χ1v) is 8.61. The van der Waals surface area contributed by atoms with Gasteiger partial charge in [0, 0.05) is 11.8 Å². The van der Waals surface area contributed by atoms with Gasteiger partial charge in [0.05, 0.1) is 29.2 Å². The fraction of sp³-hybridized carbons (Fsp3) is 0.385. The molecule has 0 unspecified atom stereocenters. The van der Waals surface area contributed by atoms with Crippen LogP contribution in [0.1, 0.15) is 27.7 Å². The molecule has 0 aromatic carbocycles. The first-order chi connectivity index (χ1) is 9.63. The van der Waals surface area contributed by atoms with Gasteiger partial charge in [-0.25, -0.2) is 4.79 Å². The van der Waals surface area contributed by atoms with Crippen LogP contribution in [0.2, 0.25) is 0 Å². The summed E-state index contributed by atoms with van der Waals surface area (Å²) in [6, 6.07) is 0. The van der Waals surface area contributed by atoms with Crippen LogP contribution in [0.25, 0.3) is 11.3 Å². The zero-order chi connectivity index (χ0) is 14.3. The number of aryl methyl sites for hydroxylation is 1. The summed E-state index contributed by atoms with van der Waals surface area (Å²) >= 11 is 1.24. The zero-order valence-electron chi connectivity index (χ0n) is 11.1. The van der Waals surface area contributed by atoms with Gasteiger partial charge in [0.2, 0.25) is 0 Å². The van der Waals surface area contributed by atoms with Gasteiger partial charge in [0.1, 0.15) is 9.09 Å². The number of carbonyl (C=O) groups is 1. The molecule has 0 fully saturated rings. The van der Waals surface area contributed by atoms with Crippen LogP contribution in [0.5, 0.6) is 0 Å². The lowest BCUT2D eigenvalue weighted by Crippen LogP contribution is -2.08. The molecule has 0 N–H and O–H groups in total. The highest BCUT2D eigenvalue weighted by Crippen LogP contribution is 2.44. The Hall–Kier alpha value is -1.47. The van der Waals surface area contributed by atoms with E-state index in [1.54, 1.807) is 19.4 Å². The minimum Gasteiger partial charge on any atom is -0.462 e. The van der Waals surface area contributed by atoms with Crippen molar-refractivity contribution in [2.75, 3.05) is 12.9 Å². The molecular formula is C13H13NO4S2. The van der Waals surface area contributed by atoms with E-state index in [1.807, 2.05) is 0 Å². The summed E-state index contributed by atoms with van der Waals surface area (Å²) < 4.78 is 23.0. The van der Waals surface area contributed by atoms with E-state index < -0.39 is 10.8 Å². The van der Waals surface area contributed by atoms with E-state index in [1.165, 1.54) is 11.3 Å². The largest absolute Gasteiger partial charge is 0.462 e. The van der Waals surface area contributed by atoms with Crippen molar-refractivity contribution in [2.24, 2.45) is 0 Å². The highest BCUT2D eigenvalue weighted by atomic mass is 32.2. The molecule has 5 nitrogen and oxygen atoms in total. The van der Waals surface area contributed by atoms with Gasteiger partial charge >= 0.3 is 5.97 Å². The van der Waals surface area contributed by atoms with Crippen molar-refractivity contribution in [1.82, 2.24) is 5.16 Å². The minimum absolute atomic E-state index is 0.323. The molecule has 0 bridgehead atoms. The van der Waals surface area contributed by atoms with Crippen LogP contribution in [0, 0.1) is 0 Å². The Morgan fingerprint density at radius 3 is 3.05 bits per heavy atom. The molecule has 0 saturated heterocycles. The fourth-order valence-electron chi connectivity index (χ4n) is 2.38. The average molecular weight is 311 g/mol. The lowest BCUT2D eigenvalue weighted by molar-refractivity contribution is 0.0531. The van der Waals surface area contributed by atoms with Gasteiger partial charge in [-0.1, -0.05) is 5.16 Å². The molecule has 3 rings (SSSR count). The Morgan fingerprint density at radius 2 is 2.35 bits per heavy atom. The molecular weight excluding hydrogens is 298 g/mol. The normalized spacial score (nSPS) is 14.5. The molecule has 0 amide bonds. The number of fused-ring (bicyclic) bond motifs is 3. The van der Waals surface area contributed by atoms with Crippen molar-refractivity contribution < 1.29 is 18.3 Å². The maximum atomic E-state index is 12.0. The monoisotopic (exact) mass is 311 g/mol. The molecule has 2 aromatic rings. The number of carbonyl (C=O) groups excluding carboxylic acids is 1. The molecule has 20 heavy (non-hydrogen) atoms. The molecule has 2 aromatic heterocycles. The van der Waals surface area contributed by atoms with E-state index >= 15 is 0 Å². The van der Waals surface area contributed by atoms with Gasteiger partial charge in [0.15, 0.2) is 5.76 Å². The first-order valence-electron chi connectivity index (χ1n) is 6.23. The third-order valence-corrected chi connectivity index (χ3v) is 5.90. The number of hydrogen-bond acceptors (Lipinski definition) is 6. The van der Waals surface area contributed by atoms with Crippen molar-refractivity contribution >= 4 is 28.1 Å². The van der Waals surface area contributed by atoms with E-state index in [4.69, 9.17) is 9.26 Å².